The summed E-state index contributed by atoms with van der Waals surface area (Å²) in [5.74, 6) is -3.46. The number of carboxylic acid groups (broad SMARTS) is 1. The Morgan fingerprint density at radius 1 is 1.05 bits per heavy atom. The summed E-state index contributed by atoms with van der Waals surface area (Å²) in [6.45, 7) is 3.65. The van der Waals surface area contributed by atoms with Crippen LogP contribution in [0.4, 0.5) is 13.2 Å². The van der Waals surface area contributed by atoms with Gasteiger partial charge in [0.1, 0.15) is 18.4 Å². The first-order valence-corrected chi connectivity index (χ1v) is 12.7. The van der Waals surface area contributed by atoms with E-state index in [-0.39, 0.29) is 12.1 Å². The topological polar surface area (TPSA) is 133 Å². The Morgan fingerprint density at radius 3 is 2.27 bits per heavy atom. The zero-order chi connectivity index (χ0) is 29.6. The number of carboxylic acids is 1. The van der Waals surface area contributed by atoms with E-state index in [4.69, 9.17) is 5.11 Å². The van der Waals surface area contributed by atoms with E-state index in [1.807, 2.05) is 0 Å². The third kappa shape index (κ3) is 7.25. The molecule has 40 heavy (non-hydrogen) atoms. The molecule has 3 N–H and O–H groups in total. The molecule has 3 atom stereocenters. The Labute approximate surface area is 228 Å². The molecule has 3 rings (SSSR count). The van der Waals surface area contributed by atoms with Gasteiger partial charge in [0.15, 0.2) is 0 Å². The highest BCUT2D eigenvalue weighted by Gasteiger charge is 2.39. The van der Waals surface area contributed by atoms with Gasteiger partial charge in [-0.05, 0) is 48.1 Å². The lowest BCUT2D eigenvalue weighted by molar-refractivity contribution is -0.142. The number of carbonyl (C=O) groups excluding carboxylic acids is 4. The van der Waals surface area contributed by atoms with Crippen molar-refractivity contribution in [3.63, 3.8) is 0 Å². The number of amides is 3. The molecule has 0 spiro atoms. The number of carbonyl (C=O) groups is 5. The number of benzene rings is 2. The SMILES string of the molecule is CC(C)C(NC(=O)c1ccccc1-c1ccc(C(F)(F)F)cc1)C(=O)N1CCC[C@H]1C(=O)NC(C=O)CC(=O)O. The largest absolute Gasteiger partial charge is 0.481 e. The van der Waals surface area contributed by atoms with Gasteiger partial charge >= 0.3 is 12.1 Å². The van der Waals surface area contributed by atoms with Crippen molar-refractivity contribution in [2.75, 3.05) is 6.54 Å². The van der Waals surface area contributed by atoms with Gasteiger partial charge < -0.3 is 25.4 Å². The Balaban J connectivity index is 1.80. The minimum atomic E-state index is -4.50. The highest BCUT2D eigenvalue weighted by Crippen LogP contribution is 2.32. The van der Waals surface area contributed by atoms with Crippen LogP contribution in [0.25, 0.3) is 11.1 Å². The number of aldehydes is 1. The van der Waals surface area contributed by atoms with Gasteiger partial charge in [0.25, 0.3) is 5.91 Å². The van der Waals surface area contributed by atoms with Crippen molar-refractivity contribution in [1.82, 2.24) is 15.5 Å². The Hall–Kier alpha value is -4.22. The predicted octanol–water partition coefficient (Wildman–Crippen LogP) is 3.28. The number of hydrogen-bond acceptors (Lipinski definition) is 5. The highest BCUT2D eigenvalue weighted by molar-refractivity contribution is 6.03. The monoisotopic (exact) mass is 561 g/mol. The lowest BCUT2D eigenvalue weighted by Gasteiger charge is -2.31. The zero-order valence-electron chi connectivity index (χ0n) is 21.9. The normalized spacial score (nSPS) is 16.8. The van der Waals surface area contributed by atoms with E-state index in [2.05, 4.69) is 10.6 Å². The van der Waals surface area contributed by atoms with Crippen LogP contribution in [0.1, 0.15) is 49.0 Å². The predicted molar refractivity (Wildman–Crippen MR) is 138 cm³/mol. The molecule has 1 heterocycles. The van der Waals surface area contributed by atoms with Crippen molar-refractivity contribution in [3.8, 4) is 11.1 Å². The van der Waals surface area contributed by atoms with Crippen molar-refractivity contribution < 1.29 is 42.3 Å². The van der Waals surface area contributed by atoms with Crippen LogP contribution in [0, 0.1) is 5.92 Å². The first kappa shape index (κ1) is 30.3. The second kappa shape index (κ2) is 12.8. The van der Waals surface area contributed by atoms with Gasteiger partial charge in [-0.2, -0.15) is 13.2 Å². The fraction of sp³-hybridized carbons (Fsp3) is 0.393. The van der Waals surface area contributed by atoms with E-state index in [0.29, 0.717) is 30.3 Å². The van der Waals surface area contributed by atoms with Gasteiger partial charge in [0.05, 0.1) is 18.0 Å². The molecule has 2 aromatic rings. The Morgan fingerprint density at radius 2 is 1.70 bits per heavy atom. The summed E-state index contributed by atoms with van der Waals surface area (Å²) >= 11 is 0. The molecular formula is C28H30F3N3O6. The molecule has 9 nitrogen and oxygen atoms in total. The molecule has 2 unspecified atom stereocenters. The van der Waals surface area contributed by atoms with E-state index in [1.54, 1.807) is 32.0 Å². The molecule has 0 saturated carbocycles. The van der Waals surface area contributed by atoms with E-state index in [9.17, 15) is 37.1 Å². The number of aliphatic carboxylic acids is 1. The van der Waals surface area contributed by atoms with E-state index < -0.39 is 65.9 Å². The summed E-state index contributed by atoms with van der Waals surface area (Å²) in [5.41, 5.74) is 0.0863. The van der Waals surface area contributed by atoms with Crippen LogP contribution in [0.15, 0.2) is 48.5 Å². The van der Waals surface area contributed by atoms with Crippen LogP contribution in [-0.2, 0) is 25.4 Å². The van der Waals surface area contributed by atoms with Crippen molar-refractivity contribution in [2.24, 2.45) is 5.92 Å². The molecule has 1 aliphatic heterocycles. The maximum atomic E-state index is 13.5. The number of nitrogens with zero attached hydrogens (tertiary/aromatic N) is 1. The molecular weight excluding hydrogens is 531 g/mol. The van der Waals surface area contributed by atoms with Crippen LogP contribution in [-0.4, -0.2) is 64.7 Å². The molecule has 12 heteroatoms. The molecule has 3 amide bonds. The van der Waals surface area contributed by atoms with Gasteiger partial charge in [0, 0.05) is 12.1 Å². The van der Waals surface area contributed by atoms with Crippen molar-refractivity contribution in [1.29, 1.82) is 0 Å². The highest BCUT2D eigenvalue weighted by atomic mass is 19.4. The fourth-order valence-electron chi connectivity index (χ4n) is 4.59. The minimum absolute atomic E-state index is 0.152. The molecule has 0 aromatic heterocycles. The average Bonchev–Trinajstić information content (AvgIpc) is 3.40. The molecule has 0 bridgehead atoms. The quantitative estimate of drug-likeness (QED) is 0.382. The summed E-state index contributed by atoms with van der Waals surface area (Å²) in [5, 5.41) is 14.0. The van der Waals surface area contributed by atoms with Gasteiger partial charge in [-0.15, -0.1) is 0 Å². The lowest BCUT2D eigenvalue weighted by atomic mass is 9.96. The van der Waals surface area contributed by atoms with Crippen LogP contribution < -0.4 is 10.6 Å². The first-order valence-electron chi connectivity index (χ1n) is 12.7. The number of nitrogens with one attached hydrogen (secondary N) is 2. The third-order valence-electron chi connectivity index (χ3n) is 6.64. The molecule has 214 valence electrons. The molecule has 1 fully saturated rings. The van der Waals surface area contributed by atoms with Crippen molar-refractivity contribution >= 4 is 30.0 Å². The summed E-state index contributed by atoms with van der Waals surface area (Å²) in [4.78, 5) is 63.2. The van der Waals surface area contributed by atoms with Gasteiger partial charge in [-0.25, -0.2) is 0 Å². The maximum absolute atomic E-state index is 13.5. The van der Waals surface area contributed by atoms with Crippen molar-refractivity contribution in [2.45, 2.75) is 57.4 Å². The summed E-state index contributed by atoms with van der Waals surface area (Å²) in [6.07, 6.45) is -4.00. The first-order chi connectivity index (χ1) is 18.8. The number of rotatable bonds is 10. The summed E-state index contributed by atoms with van der Waals surface area (Å²) < 4.78 is 39.0. The summed E-state index contributed by atoms with van der Waals surface area (Å²) in [6, 6.07) is 7.48. The van der Waals surface area contributed by atoms with E-state index in [0.717, 1.165) is 12.1 Å². The average molecular weight is 562 g/mol. The zero-order valence-corrected chi connectivity index (χ0v) is 21.9. The number of halogens is 3. The van der Waals surface area contributed by atoms with Gasteiger partial charge in [0.2, 0.25) is 11.8 Å². The fourth-order valence-corrected chi connectivity index (χ4v) is 4.59. The van der Waals surface area contributed by atoms with Gasteiger partial charge in [-0.1, -0.05) is 44.2 Å². The van der Waals surface area contributed by atoms with Crippen LogP contribution in [0.5, 0.6) is 0 Å². The van der Waals surface area contributed by atoms with Gasteiger partial charge in [-0.3, -0.25) is 19.2 Å². The second-order valence-electron chi connectivity index (χ2n) is 9.85. The molecule has 0 aliphatic carbocycles. The molecule has 0 radical (unpaired) electrons. The van der Waals surface area contributed by atoms with Crippen molar-refractivity contribution in [3.05, 3.63) is 59.7 Å². The Bertz CT molecular complexity index is 1260. The van der Waals surface area contributed by atoms with E-state index >= 15 is 0 Å². The molecule has 1 saturated heterocycles. The molecule has 1 aliphatic rings. The standard InChI is InChI=1S/C28H30F3N3O6/c1-16(2)24(27(40)34-13-5-8-22(34)26(39)32-19(15-35)14-23(36)37)33-25(38)21-7-4-3-6-20(21)17-9-11-18(12-10-17)28(29,30)31/h3-4,6-7,9-12,15-16,19,22,24H,5,8,13-14H2,1-2H3,(H,32,39)(H,33,38)(H,36,37)/t19?,22-,24?/m0/s1. The smallest absolute Gasteiger partial charge is 0.416 e. The van der Waals surface area contributed by atoms with Crippen LogP contribution in [0.3, 0.4) is 0 Å². The van der Waals surface area contributed by atoms with Crippen LogP contribution in [0.2, 0.25) is 0 Å². The number of hydrogen-bond donors (Lipinski definition) is 3. The second-order valence-corrected chi connectivity index (χ2v) is 9.85. The molecule has 2 aromatic carbocycles. The summed E-state index contributed by atoms with van der Waals surface area (Å²) in [7, 11) is 0. The minimum Gasteiger partial charge on any atom is -0.481 e. The maximum Gasteiger partial charge on any atom is 0.416 e. The Kier molecular flexibility index (Phi) is 9.67. The van der Waals surface area contributed by atoms with E-state index in [1.165, 1.54) is 23.1 Å². The number of likely N-dealkylation sites (tertiary alicyclic amines) is 1. The third-order valence-corrected chi connectivity index (χ3v) is 6.64. The lowest BCUT2D eigenvalue weighted by Crippen LogP contribution is -2.56. The number of alkyl halides is 3. The van der Waals surface area contributed by atoms with Crippen LogP contribution >= 0.6 is 0 Å².